The fraction of sp³-hybridized carbons (Fsp3) is 0.538. The Morgan fingerprint density at radius 2 is 1.50 bits per heavy atom. The van der Waals surface area contributed by atoms with Gasteiger partial charge in [0.2, 0.25) is 0 Å². The molecule has 0 amide bonds. The largest absolute Gasteiger partial charge is 0.325 e. The standard InChI is InChI=1S/C13H21N/c1-12(2,13(3,4)14)10-11-8-6-5-7-9-11/h5-9H,10,14H2,1-4H3. The third-order valence-corrected chi connectivity index (χ3v) is 3.23. The van der Waals surface area contributed by atoms with Gasteiger partial charge in [-0.05, 0) is 31.2 Å². The van der Waals surface area contributed by atoms with Gasteiger partial charge in [0, 0.05) is 5.54 Å². The molecule has 0 radical (unpaired) electrons. The Morgan fingerprint density at radius 1 is 1.00 bits per heavy atom. The highest BCUT2D eigenvalue weighted by Gasteiger charge is 2.33. The van der Waals surface area contributed by atoms with Crippen molar-refractivity contribution in [2.45, 2.75) is 39.7 Å². The van der Waals surface area contributed by atoms with Gasteiger partial charge in [-0.25, -0.2) is 0 Å². The van der Waals surface area contributed by atoms with Crippen LogP contribution in [0.1, 0.15) is 33.3 Å². The molecule has 0 atom stereocenters. The molecule has 1 rings (SSSR count). The summed E-state index contributed by atoms with van der Waals surface area (Å²) in [5.74, 6) is 0. The lowest BCUT2D eigenvalue weighted by molar-refractivity contribution is 0.201. The second kappa shape index (κ2) is 3.74. The van der Waals surface area contributed by atoms with Gasteiger partial charge in [0.15, 0.2) is 0 Å². The highest BCUT2D eigenvalue weighted by Crippen LogP contribution is 2.31. The summed E-state index contributed by atoms with van der Waals surface area (Å²) in [5.41, 5.74) is 7.49. The maximum atomic E-state index is 6.16. The molecule has 78 valence electrons. The van der Waals surface area contributed by atoms with E-state index in [1.54, 1.807) is 0 Å². The molecule has 2 N–H and O–H groups in total. The lowest BCUT2D eigenvalue weighted by Crippen LogP contribution is -2.48. The van der Waals surface area contributed by atoms with Crippen LogP contribution in [0.5, 0.6) is 0 Å². The van der Waals surface area contributed by atoms with Crippen LogP contribution in [0.15, 0.2) is 30.3 Å². The van der Waals surface area contributed by atoms with Gasteiger partial charge in [0.05, 0.1) is 0 Å². The van der Waals surface area contributed by atoms with Crippen molar-refractivity contribution in [3.05, 3.63) is 35.9 Å². The SMILES string of the molecule is CC(C)(N)C(C)(C)Cc1ccccc1. The van der Waals surface area contributed by atoms with E-state index >= 15 is 0 Å². The Bertz CT molecular complexity index is 280. The van der Waals surface area contributed by atoms with Gasteiger partial charge in [-0.2, -0.15) is 0 Å². The maximum absolute atomic E-state index is 6.16. The monoisotopic (exact) mass is 191 g/mol. The van der Waals surface area contributed by atoms with Gasteiger partial charge in [-0.15, -0.1) is 0 Å². The quantitative estimate of drug-likeness (QED) is 0.781. The Kier molecular flexibility index (Phi) is 3.01. The number of rotatable bonds is 3. The number of nitrogens with two attached hydrogens (primary N) is 1. The summed E-state index contributed by atoms with van der Waals surface area (Å²) < 4.78 is 0. The maximum Gasteiger partial charge on any atom is 0.0152 e. The molecule has 1 nitrogen and oxygen atoms in total. The van der Waals surface area contributed by atoms with E-state index in [1.165, 1.54) is 5.56 Å². The second-order valence-corrected chi connectivity index (χ2v) is 5.27. The molecule has 0 saturated carbocycles. The zero-order valence-corrected chi connectivity index (χ0v) is 9.67. The number of hydrogen-bond donors (Lipinski definition) is 1. The Labute approximate surface area is 87.3 Å². The fourth-order valence-electron chi connectivity index (χ4n) is 1.33. The van der Waals surface area contributed by atoms with Crippen LogP contribution in [-0.4, -0.2) is 5.54 Å². The zero-order chi connectivity index (χ0) is 10.8. The van der Waals surface area contributed by atoms with Gasteiger partial charge >= 0.3 is 0 Å². The van der Waals surface area contributed by atoms with Crippen molar-refractivity contribution in [3.8, 4) is 0 Å². The average molecular weight is 191 g/mol. The van der Waals surface area contributed by atoms with Gasteiger partial charge < -0.3 is 5.73 Å². The predicted molar refractivity (Wildman–Crippen MR) is 62.2 cm³/mol. The van der Waals surface area contributed by atoms with Crippen LogP contribution < -0.4 is 5.73 Å². The summed E-state index contributed by atoms with van der Waals surface area (Å²) in [4.78, 5) is 0. The van der Waals surface area contributed by atoms with E-state index in [1.807, 2.05) is 6.07 Å². The Hall–Kier alpha value is -0.820. The second-order valence-electron chi connectivity index (χ2n) is 5.27. The predicted octanol–water partition coefficient (Wildman–Crippen LogP) is 2.99. The average Bonchev–Trinajstić information content (AvgIpc) is 2.03. The summed E-state index contributed by atoms with van der Waals surface area (Å²) in [6, 6.07) is 10.5. The first-order valence-corrected chi connectivity index (χ1v) is 5.16. The topological polar surface area (TPSA) is 26.0 Å². The van der Waals surface area contributed by atoms with E-state index in [2.05, 4.69) is 52.0 Å². The minimum atomic E-state index is -0.150. The van der Waals surface area contributed by atoms with E-state index in [-0.39, 0.29) is 11.0 Å². The first-order valence-electron chi connectivity index (χ1n) is 5.16. The molecular formula is C13H21N. The number of hydrogen-bond acceptors (Lipinski definition) is 1. The zero-order valence-electron chi connectivity index (χ0n) is 9.67. The highest BCUT2D eigenvalue weighted by molar-refractivity contribution is 5.17. The molecule has 14 heavy (non-hydrogen) atoms. The fourth-order valence-corrected chi connectivity index (χ4v) is 1.33. The van der Waals surface area contributed by atoms with Gasteiger partial charge in [0.25, 0.3) is 0 Å². The molecule has 0 unspecified atom stereocenters. The van der Waals surface area contributed by atoms with Crippen LogP contribution in [-0.2, 0) is 6.42 Å². The Morgan fingerprint density at radius 3 is 1.93 bits per heavy atom. The molecular weight excluding hydrogens is 170 g/mol. The Balaban J connectivity index is 2.79. The summed E-state index contributed by atoms with van der Waals surface area (Å²) >= 11 is 0. The minimum absolute atomic E-state index is 0.119. The first kappa shape index (κ1) is 11.3. The summed E-state index contributed by atoms with van der Waals surface area (Å²) in [5, 5.41) is 0. The van der Waals surface area contributed by atoms with Crippen LogP contribution in [0.3, 0.4) is 0 Å². The third kappa shape index (κ3) is 2.58. The summed E-state index contributed by atoms with van der Waals surface area (Å²) in [6.07, 6.45) is 1.03. The molecule has 0 aromatic heterocycles. The summed E-state index contributed by atoms with van der Waals surface area (Å²) in [6.45, 7) is 8.63. The smallest absolute Gasteiger partial charge is 0.0152 e. The lowest BCUT2D eigenvalue weighted by Gasteiger charge is -2.38. The van der Waals surface area contributed by atoms with Crippen molar-refractivity contribution >= 4 is 0 Å². The van der Waals surface area contributed by atoms with Gasteiger partial charge in [-0.3, -0.25) is 0 Å². The van der Waals surface area contributed by atoms with E-state index in [9.17, 15) is 0 Å². The van der Waals surface area contributed by atoms with Crippen molar-refractivity contribution in [2.75, 3.05) is 0 Å². The first-order chi connectivity index (χ1) is 6.33. The van der Waals surface area contributed by atoms with Crippen LogP contribution in [0.2, 0.25) is 0 Å². The van der Waals surface area contributed by atoms with Crippen LogP contribution in [0.25, 0.3) is 0 Å². The molecule has 0 bridgehead atoms. The van der Waals surface area contributed by atoms with Crippen LogP contribution in [0.4, 0.5) is 0 Å². The molecule has 0 saturated heterocycles. The van der Waals surface area contributed by atoms with E-state index in [0.29, 0.717) is 0 Å². The van der Waals surface area contributed by atoms with Crippen molar-refractivity contribution in [1.82, 2.24) is 0 Å². The van der Waals surface area contributed by atoms with Crippen LogP contribution >= 0.6 is 0 Å². The highest BCUT2D eigenvalue weighted by atomic mass is 14.7. The van der Waals surface area contributed by atoms with Crippen molar-refractivity contribution in [3.63, 3.8) is 0 Å². The minimum Gasteiger partial charge on any atom is -0.325 e. The number of benzene rings is 1. The normalized spacial score (nSPS) is 12.9. The molecule has 0 heterocycles. The van der Waals surface area contributed by atoms with Crippen molar-refractivity contribution in [2.24, 2.45) is 11.1 Å². The lowest BCUT2D eigenvalue weighted by atomic mass is 9.71. The van der Waals surface area contributed by atoms with Gasteiger partial charge in [0.1, 0.15) is 0 Å². The molecule has 0 aliphatic heterocycles. The molecule has 0 fully saturated rings. The molecule has 0 spiro atoms. The molecule has 0 aliphatic carbocycles. The van der Waals surface area contributed by atoms with Crippen molar-refractivity contribution < 1.29 is 0 Å². The third-order valence-electron chi connectivity index (χ3n) is 3.23. The van der Waals surface area contributed by atoms with Crippen molar-refractivity contribution in [1.29, 1.82) is 0 Å². The molecule has 0 aliphatic rings. The van der Waals surface area contributed by atoms with Crippen LogP contribution in [0, 0.1) is 5.41 Å². The van der Waals surface area contributed by atoms with E-state index < -0.39 is 0 Å². The van der Waals surface area contributed by atoms with E-state index in [4.69, 9.17) is 5.73 Å². The molecule has 1 aromatic rings. The molecule has 1 aromatic carbocycles. The summed E-state index contributed by atoms with van der Waals surface area (Å²) in [7, 11) is 0. The van der Waals surface area contributed by atoms with Gasteiger partial charge in [-0.1, -0.05) is 44.2 Å². The molecule has 1 heteroatoms. The van der Waals surface area contributed by atoms with E-state index in [0.717, 1.165) is 6.42 Å².